The Morgan fingerprint density at radius 3 is 2.68 bits per heavy atom. The Morgan fingerprint density at radius 2 is 2.00 bits per heavy atom. The molecule has 0 bridgehead atoms. The fraction of sp³-hybridized carbons (Fsp3) is 0.812. The normalized spacial score (nSPS) is 32.2. The number of hydrogen-bond donors (Lipinski definition) is 0. The van der Waals surface area contributed by atoms with E-state index in [2.05, 4.69) is 27.8 Å². The molecule has 3 nitrogen and oxygen atoms in total. The van der Waals surface area contributed by atoms with Gasteiger partial charge in [-0.1, -0.05) is 13.3 Å². The maximum absolute atomic E-state index is 4.29. The summed E-state index contributed by atoms with van der Waals surface area (Å²) in [7, 11) is 0. The van der Waals surface area contributed by atoms with Crippen molar-refractivity contribution in [3.05, 3.63) is 18.5 Å². The Balaban J connectivity index is 1.38. The molecule has 0 N–H and O–H groups in total. The van der Waals surface area contributed by atoms with Crippen molar-refractivity contribution >= 4 is 0 Å². The average molecular weight is 261 g/mol. The summed E-state index contributed by atoms with van der Waals surface area (Å²) < 4.78 is 2.07. The third kappa shape index (κ3) is 3.19. The summed E-state index contributed by atoms with van der Waals surface area (Å²) in [4.78, 5) is 2.70. The van der Waals surface area contributed by atoms with Crippen molar-refractivity contribution in [3.63, 3.8) is 0 Å². The molecule has 1 aliphatic carbocycles. The Morgan fingerprint density at radius 1 is 1.16 bits per heavy atom. The van der Waals surface area contributed by atoms with E-state index in [0.717, 1.165) is 24.3 Å². The van der Waals surface area contributed by atoms with Crippen LogP contribution in [0.15, 0.2) is 18.5 Å². The van der Waals surface area contributed by atoms with Gasteiger partial charge in [0, 0.05) is 25.5 Å². The molecule has 0 amide bonds. The van der Waals surface area contributed by atoms with E-state index in [-0.39, 0.29) is 0 Å². The van der Waals surface area contributed by atoms with Crippen LogP contribution in [0, 0.1) is 17.8 Å². The lowest BCUT2D eigenvalue weighted by molar-refractivity contribution is 0.0364. The van der Waals surface area contributed by atoms with Crippen LogP contribution < -0.4 is 0 Å². The van der Waals surface area contributed by atoms with Gasteiger partial charge in [0.25, 0.3) is 0 Å². The van der Waals surface area contributed by atoms with Crippen LogP contribution in [0.5, 0.6) is 0 Å². The predicted molar refractivity (Wildman–Crippen MR) is 77.9 cm³/mol. The van der Waals surface area contributed by atoms with Gasteiger partial charge < -0.3 is 4.90 Å². The first kappa shape index (κ1) is 13.2. The summed E-state index contributed by atoms with van der Waals surface area (Å²) in [6, 6.07) is 2.02. The quantitative estimate of drug-likeness (QED) is 0.812. The van der Waals surface area contributed by atoms with Gasteiger partial charge in [-0.3, -0.25) is 4.68 Å². The molecule has 3 rings (SSSR count). The summed E-state index contributed by atoms with van der Waals surface area (Å²) in [5, 5.41) is 4.29. The lowest BCUT2D eigenvalue weighted by Gasteiger charge is -2.46. The topological polar surface area (TPSA) is 21.1 Å². The van der Waals surface area contributed by atoms with E-state index in [9.17, 15) is 0 Å². The van der Waals surface area contributed by atoms with Crippen LogP contribution in [0.3, 0.4) is 0 Å². The van der Waals surface area contributed by atoms with Gasteiger partial charge >= 0.3 is 0 Å². The summed E-state index contributed by atoms with van der Waals surface area (Å²) >= 11 is 0. The first-order valence-corrected chi connectivity index (χ1v) is 8.02. The summed E-state index contributed by atoms with van der Waals surface area (Å²) in [5.41, 5.74) is 0. The molecule has 2 heterocycles. The molecule has 1 aromatic rings. The third-order valence-electron chi connectivity index (χ3n) is 5.32. The molecule has 1 saturated heterocycles. The molecular formula is C16H27N3. The number of likely N-dealkylation sites (tertiary alicyclic amines) is 1. The summed E-state index contributed by atoms with van der Waals surface area (Å²) in [6.07, 6.45) is 11.0. The number of aryl methyl sites for hydroxylation is 1. The van der Waals surface area contributed by atoms with Crippen LogP contribution in [-0.4, -0.2) is 34.3 Å². The first-order valence-electron chi connectivity index (χ1n) is 8.02. The Hall–Kier alpha value is -0.830. The molecule has 1 saturated carbocycles. The molecule has 3 atom stereocenters. The van der Waals surface area contributed by atoms with E-state index in [1.807, 2.05) is 12.3 Å². The van der Waals surface area contributed by atoms with Gasteiger partial charge in [-0.2, -0.15) is 5.10 Å². The number of nitrogens with zero attached hydrogens (tertiary/aromatic N) is 3. The second-order valence-electron chi connectivity index (χ2n) is 6.53. The second-order valence-corrected chi connectivity index (χ2v) is 6.53. The highest BCUT2D eigenvalue weighted by Crippen LogP contribution is 2.43. The van der Waals surface area contributed by atoms with Gasteiger partial charge in [0.2, 0.25) is 0 Å². The zero-order valence-corrected chi connectivity index (χ0v) is 12.2. The number of piperidine rings is 1. The van der Waals surface area contributed by atoms with Crippen LogP contribution in [0.4, 0.5) is 0 Å². The van der Waals surface area contributed by atoms with Gasteiger partial charge in [-0.25, -0.2) is 0 Å². The Labute approximate surface area is 117 Å². The summed E-state index contributed by atoms with van der Waals surface area (Å²) in [5.74, 6) is 2.80. The van der Waals surface area contributed by atoms with Gasteiger partial charge in [-0.15, -0.1) is 0 Å². The number of hydrogen-bond acceptors (Lipinski definition) is 2. The van der Waals surface area contributed by atoms with E-state index in [4.69, 9.17) is 0 Å². The Bertz CT molecular complexity index is 367. The highest BCUT2D eigenvalue weighted by molar-refractivity contribution is 4.89. The maximum atomic E-state index is 4.29. The molecule has 0 aromatic carbocycles. The van der Waals surface area contributed by atoms with Crippen molar-refractivity contribution in [1.29, 1.82) is 0 Å². The predicted octanol–water partition coefficient (Wildman–Crippen LogP) is 3.03. The fourth-order valence-electron chi connectivity index (χ4n) is 3.83. The molecule has 0 spiro atoms. The first-order chi connectivity index (χ1) is 9.33. The smallest absolute Gasteiger partial charge is 0.0489 e. The van der Waals surface area contributed by atoms with Crippen molar-refractivity contribution in [2.24, 2.45) is 17.8 Å². The fourth-order valence-corrected chi connectivity index (χ4v) is 3.83. The molecule has 2 fully saturated rings. The van der Waals surface area contributed by atoms with Crippen LogP contribution in [-0.2, 0) is 6.54 Å². The molecular weight excluding hydrogens is 234 g/mol. The standard InChI is InChI=1S/C16H27N3/c1-14-15(6-11-19-10-5-7-17-19)12-16(14)13-18-8-3-2-4-9-18/h5,7,10,14-16H,2-4,6,8-9,11-13H2,1H3/t14-,15-,16-/m0/s1. The second kappa shape index (κ2) is 6.08. The lowest BCUT2D eigenvalue weighted by atomic mass is 9.64. The molecule has 0 unspecified atom stereocenters. The SMILES string of the molecule is C[C@H]1[C@@H](CCn2cccn2)C[C@H]1CN1CCCCC1. The van der Waals surface area contributed by atoms with Crippen molar-refractivity contribution in [2.75, 3.05) is 19.6 Å². The number of aromatic nitrogens is 2. The maximum Gasteiger partial charge on any atom is 0.0489 e. The van der Waals surface area contributed by atoms with E-state index >= 15 is 0 Å². The van der Waals surface area contributed by atoms with Crippen molar-refractivity contribution in [1.82, 2.24) is 14.7 Å². The van der Waals surface area contributed by atoms with Crippen LogP contribution in [0.25, 0.3) is 0 Å². The molecule has 1 aliphatic heterocycles. The monoisotopic (exact) mass is 261 g/mol. The van der Waals surface area contributed by atoms with E-state index in [1.54, 1.807) is 0 Å². The molecule has 1 aromatic heterocycles. The summed E-state index contributed by atoms with van der Waals surface area (Å²) in [6.45, 7) is 7.62. The minimum atomic E-state index is 0.914. The number of rotatable bonds is 5. The van der Waals surface area contributed by atoms with Crippen molar-refractivity contribution in [3.8, 4) is 0 Å². The van der Waals surface area contributed by atoms with E-state index in [0.29, 0.717) is 0 Å². The van der Waals surface area contributed by atoms with Crippen LogP contribution in [0.1, 0.15) is 39.0 Å². The zero-order valence-electron chi connectivity index (χ0n) is 12.2. The molecule has 2 aliphatic rings. The molecule has 106 valence electrons. The Kier molecular flexibility index (Phi) is 4.21. The van der Waals surface area contributed by atoms with Crippen LogP contribution in [0.2, 0.25) is 0 Å². The van der Waals surface area contributed by atoms with Crippen molar-refractivity contribution < 1.29 is 0 Å². The minimum absolute atomic E-state index is 0.914. The minimum Gasteiger partial charge on any atom is -0.303 e. The van der Waals surface area contributed by atoms with Gasteiger partial charge in [0.05, 0.1) is 0 Å². The molecule has 3 heteroatoms. The van der Waals surface area contributed by atoms with Gasteiger partial charge in [-0.05, 0) is 62.6 Å². The third-order valence-corrected chi connectivity index (χ3v) is 5.32. The van der Waals surface area contributed by atoms with E-state index < -0.39 is 0 Å². The zero-order chi connectivity index (χ0) is 13.1. The van der Waals surface area contributed by atoms with Crippen molar-refractivity contribution in [2.45, 2.75) is 45.6 Å². The highest BCUT2D eigenvalue weighted by atomic mass is 15.3. The molecule has 0 radical (unpaired) electrons. The largest absolute Gasteiger partial charge is 0.303 e. The average Bonchev–Trinajstić information content (AvgIpc) is 2.96. The highest BCUT2D eigenvalue weighted by Gasteiger charge is 2.37. The van der Waals surface area contributed by atoms with Gasteiger partial charge in [0.1, 0.15) is 0 Å². The van der Waals surface area contributed by atoms with Gasteiger partial charge in [0.15, 0.2) is 0 Å². The van der Waals surface area contributed by atoms with Crippen LogP contribution >= 0.6 is 0 Å². The van der Waals surface area contributed by atoms with E-state index in [1.165, 1.54) is 51.7 Å². The molecule has 19 heavy (non-hydrogen) atoms. The lowest BCUT2D eigenvalue weighted by Crippen LogP contribution is -2.44.